The van der Waals surface area contributed by atoms with Gasteiger partial charge >= 0.3 is 0 Å². The lowest BCUT2D eigenvalue weighted by molar-refractivity contribution is -0.119. The lowest BCUT2D eigenvalue weighted by atomic mass is 10.3. The van der Waals surface area contributed by atoms with Crippen molar-refractivity contribution < 1.29 is 4.79 Å². The Kier molecular flexibility index (Phi) is 6.52. The van der Waals surface area contributed by atoms with Crippen LogP contribution in [0.1, 0.15) is 24.3 Å². The first-order valence-corrected chi connectivity index (χ1v) is 7.38. The molecule has 1 rings (SSSR count). The topological polar surface area (TPSA) is 55.1 Å². The molecule has 5 heteroatoms. The van der Waals surface area contributed by atoms with Gasteiger partial charge < -0.3 is 11.1 Å². The molecule has 1 atom stereocenters. The largest absolute Gasteiger partial charge is 0.348 e. The van der Waals surface area contributed by atoms with Gasteiger partial charge in [-0.1, -0.05) is 6.07 Å². The number of nitrogens with two attached hydrogens (primary N) is 1. The van der Waals surface area contributed by atoms with Gasteiger partial charge in [0, 0.05) is 4.88 Å². The van der Waals surface area contributed by atoms with Crippen molar-refractivity contribution >= 4 is 29.0 Å². The quantitative estimate of drug-likeness (QED) is 0.736. The van der Waals surface area contributed by atoms with Crippen molar-refractivity contribution in [3.63, 3.8) is 0 Å². The van der Waals surface area contributed by atoms with E-state index in [0.717, 1.165) is 12.2 Å². The minimum Gasteiger partial charge on any atom is -0.348 e. The fraction of sp³-hybridized carbons (Fsp3) is 0.545. The van der Waals surface area contributed by atoms with Crippen LogP contribution in [0, 0.1) is 0 Å². The third kappa shape index (κ3) is 5.01. The van der Waals surface area contributed by atoms with Crippen LogP contribution in [0.4, 0.5) is 0 Å². The molecule has 16 heavy (non-hydrogen) atoms. The predicted octanol–water partition coefficient (Wildman–Crippen LogP) is 2.01. The Labute approximate surface area is 105 Å². The molecule has 0 saturated carbocycles. The van der Waals surface area contributed by atoms with E-state index >= 15 is 0 Å². The molecule has 3 N–H and O–H groups in total. The zero-order chi connectivity index (χ0) is 11.8. The van der Waals surface area contributed by atoms with E-state index in [9.17, 15) is 4.79 Å². The normalized spacial score (nSPS) is 12.4. The van der Waals surface area contributed by atoms with Gasteiger partial charge in [0.15, 0.2) is 0 Å². The van der Waals surface area contributed by atoms with Gasteiger partial charge in [0.2, 0.25) is 5.91 Å². The molecule has 0 aliphatic rings. The highest BCUT2D eigenvalue weighted by Crippen LogP contribution is 2.18. The second-order valence-electron chi connectivity index (χ2n) is 3.50. The number of carbonyl (C=O) groups excluding carboxylic acids is 1. The molecule has 1 amide bonds. The van der Waals surface area contributed by atoms with Gasteiger partial charge in [0.1, 0.15) is 0 Å². The third-order valence-electron chi connectivity index (χ3n) is 2.07. The van der Waals surface area contributed by atoms with Crippen LogP contribution < -0.4 is 11.1 Å². The first-order chi connectivity index (χ1) is 7.74. The number of nitrogens with one attached hydrogen (secondary N) is 1. The highest BCUT2D eigenvalue weighted by atomic mass is 32.2. The maximum absolute atomic E-state index is 11.6. The summed E-state index contributed by atoms with van der Waals surface area (Å²) in [7, 11) is 0. The number of thioether (sulfide) groups is 1. The Bertz CT molecular complexity index is 301. The van der Waals surface area contributed by atoms with E-state index in [-0.39, 0.29) is 11.9 Å². The van der Waals surface area contributed by atoms with Crippen LogP contribution in [0.3, 0.4) is 0 Å². The van der Waals surface area contributed by atoms with Crippen LogP contribution >= 0.6 is 23.1 Å². The van der Waals surface area contributed by atoms with E-state index in [1.807, 2.05) is 24.4 Å². The summed E-state index contributed by atoms with van der Waals surface area (Å²) in [5.41, 5.74) is 5.38. The molecule has 0 aromatic carbocycles. The average Bonchev–Trinajstić information content (AvgIpc) is 2.77. The lowest BCUT2D eigenvalue weighted by Crippen LogP contribution is -2.27. The summed E-state index contributed by atoms with van der Waals surface area (Å²) in [5, 5.41) is 5.00. The Morgan fingerprint density at radius 1 is 1.69 bits per heavy atom. The summed E-state index contributed by atoms with van der Waals surface area (Å²) in [6.07, 6.45) is 0.971. The number of amides is 1. The highest BCUT2D eigenvalue weighted by molar-refractivity contribution is 7.99. The second-order valence-corrected chi connectivity index (χ2v) is 5.58. The molecule has 0 aliphatic carbocycles. The lowest BCUT2D eigenvalue weighted by Gasteiger charge is -2.11. The van der Waals surface area contributed by atoms with Crippen LogP contribution in [0.5, 0.6) is 0 Å². The summed E-state index contributed by atoms with van der Waals surface area (Å²) in [6, 6.07) is 4.15. The van der Waals surface area contributed by atoms with Gasteiger partial charge in [0.05, 0.1) is 11.8 Å². The Morgan fingerprint density at radius 2 is 2.50 bits per heavy atom. The van der Waals surface area contributed by atoms with Crippen LogP contribution in [-0.4, -0.2) is 24.0 Å². The molecule has 1 unspecified atom stereocenters. The monoisotopic (exact) mass is 258 g/mol. The van der Waals surface area contributed by atoms with E-state index in [4.69, 9.17) is 5.73 Å². The first kappa shape index (κ1) is 13.5. The van der Waals surface area contributed by atoms with E-state index in [1.165, 1.54) is 4.88 Å². The Hall–Kier alpha value is -0.520. The maximum Gasteiger partial charge on any atom is 0.230 e. The maximum atomic E-state index is 11.6. The molecule has 1 aromatic heterocycles. The fourth-order valence-electron chi connectivity index (χ4n) is 1.24. The molecule has 1 aromatic rings. The number of thiophene rings is 1. The molecule has 90 valence electrons. The van der Waals surface area contributed by atoms with E-state index in [2.05, 4.69) is 5.32 Å². The molecule has 0 aliphatic heterocycles. The zero-order valence-electron chi connectivity index (χ0n) is 9.44. The highest BCUT2D eigenvalue weighted by Gasteiger charge is 2.09. The van der Waals surface area contributed by atoms with Crippen molar-refractivity contribution in [1.29, 1.82) is 0 Å². The molecule has 0 bridgehead atoms. The Balaban J connectivity index is 2.19. The van der Waals surface area contributed by atoms with Crippen LogP contribution in [-0.2, 0) is 4.79 Å². The van der Waals surface area contributed by atoms with E-state index in [1.54, 1.807) is 23.1 Å². The van der Waals surface area contributed by atoms with Crippen molar-refractivity contribution in [2.24, 2.45) is 5.73 Å². The molecule has 0 fully saturated rings. The minimum absolute atomic E-state index is 0.0999. The summed E-state index contributed by atoms with van der Waals surface area (Å²) < 4.78 is 0. The summed E-state index contributed by atoms with van der Waals surface area (Å²) in [5.74, 6) is 1.58. The molecule has 0 spiro atoms. The smallest absolute Gasteiger partial charge is 0.230 e. The van der Waals surface area contributed by atoms with Crippen molar-refractivity contribution in [3.05, 3.63) is 22.4 Å². The molecular weight excluding hydrogens is 240 g/mol. The molecule has 3 nitrogen and oxygen atoms in total. The summed E-state index contributed by atoms with van der Waals surface area (Å²) >= 11 is 3.30. The molecule has 0 saturated heterocycles. The van der Waals surface area contributed by atoms with Crippen LogP contribution in [0.2, 0.25) is 0 Å². The third-order valence-corrected chi connectivity index (χ3v) is 4.17. The van der Waals surface area contributed by atoms with E-state index in [0.29, 0.717) is 12.3 Å². The molecular formula is C11H18N2OS2. The van der Waals surface area contributed by atoms with Gasteiger partial charge in [-0.05, 0) is 37.1 Å². The van der Waals surface area contributed by atoms with Gasteiger partial charge in [-0.2, -0.15) is 11.8 Å². The standard InChI is InChI=1S/C11H18N2OS2/c1-9(10-4-2-7-16-10)13-11(14)8-15-6-3-5-12/h2,4,7,9H,3,5-6,8,12H2,1H3,(H,13,14). The molecule has 1 heterocycles. The molecule has 0 radical (unpaired) electrons. The predicted molar refractivity (Wildman–Crippen MR) is 71.9 cm³/mol. The minimum atomic E-state index is 0.0999. The number of hydrogen-bond donors (Lipinski definition) is 2. The van der Waals surface area contributed by atoms with Gasteiger partial charge in [-0.15, -0.1) is 11.3 Å². The van der Waals surface area contributed by atoms with E-state index < -0.39 is 0 Å². The van der Waals surface area contributed by atoms with Crippen molar-refractivity contribution in [1.82, 2.24) is 5.32 Å². The van der Waals surface area contributed by atoms with Crippen LogP contribution in [0.25, 0.3) is 0 Å². The number of hydrogen-bond acceptors (Lipinski definition) is 4. The summed E-state index contributed by atoms with van der Waals surface area (Å²) in [4.78, 5) is 12.7. The van der Waals surface area contributed by atoms with Crippen molar-refractivity contribution in [2.75, 3.05) is 18.1 Å². The SMILES string of the molecule is CC(NC(=O)CSCCCN)c1cccs1. The van der Waals surface area contributed by atoms with Crippen molar-refractivity contribution in [2.45, 2.75) is 19.4 Å². The van der Waals surface area contributed by atoms with Gasteiger partial charge in [0.25, 0.3) is 0 Å². The zero-order valence-corrected chi connectivity index (χ0v) is 11.1. The second kappa shape index (κ2) is 7.70. The Morgan fingerprint density at radius 3 is 3.12 bits per heavy atom. The average molecular weight is 258 g/mol. The number of rotatable bonds is 7. The van der Waals surface area contributed by atoms with Gasteiger partial charge in [-0.25, -0.2) is 0 Å². The van der Waals surface area contributed by atoms with Gasteiger partial charge in [-0.3, -0.25) is 4.79 Å². The fourth-order valence-corrected chi connectivity index (χ4v) is 2.76. The van der Waals surface area contributed by atoms with Crippen LogP contribution in [0.15, 0.2) is 17.5 Å². The number of carbonyl (C=O) groups is 1. The van der Waals surface area contributed by atoms with Crippen molar-refractivity contribution in [3.8, 4) is 0 Å². The first-order valence-electron chi connectivity index (χ1n) is 5.34. The summed E-state index contributed by atoms with van der Waals surface area (Å²) in [6.45, 7) is 2.70.